The Morgan fingerprint density at radius 1 is 1.44 bits per heavy atom. The van der Waals surface area contributed by atoms with Crippen molar-refractivity contribution in [3.05, 3.63) is 63.8 Å². The van der Waals surface area contributed by atoms with Crippen molar-refractivity contribution in [2.45, 2.75) is 26.3 Å². The number of nitro benzene ring substituents is 1. The van der Waals surface area contributed by atoms with Crippen LogP contribution in [0.2, 0.25) is 0 Å². The van der Waals surface area contributed by atoms with Gasteiger partial charge >= 0.3 is 0 Å². The second-order valence-corrected chi connectivity index (χ2v) is 5.96. The largest absolute Gasteiger partial charge is 0.369 e. The highest BCUT2D eigenvalue weighted by Gasteiger charge is 2.23. The number of nitro groups is 1. The summed E-state index contributed by atoms with van der Waals surface area (Å²) < 4.78 is 6.54. The van der Waals surface area contributed by atoms with Crippen LogP contribution in [0, 0.1) is 17.0 Å². The number of hydrogen-bond acceptors (Lipinski definition) is 8. The molecular weight excluding hydrogens is 352 g/mol. The number of rotatable bonds is 7. The van der Waals surface area contributed by atoms with E-state index in [1.54, 1.807) is 24.7 Å². The van der Waals surface area contributed by atoms with Crippen molar-refractivity contribution < 1.29 is 14.2 Å². The number of ketones is 1. The zero-order chi connectivity index (χ0) is 19.6. The summed E-state index contributed by atoms with van der Waals surface area (Å²) in [6, 6.07) is 3.91. The number of aromatic nitrogens is 4. The molecule has 1 N–H and O–H groups in total. The highest BCUT2D eigenvalue weighted by molar-refractivity contribution is 6.07. The molecule has 3 rings (SSSR count). The van der Waals surface area contributed by atoms with Crippen molar-refractivity contribution in [2.75, 3.05) is 5.32 Å². The number of carbonyl (C=O) groups is 1. The van der Waals surface area contributed by atoms with Gasteiger partial charge < -0.3 is 14.4 Å². The van der Waals surface area contributed by atoms with Crippen LogP contribution >= 0.6 is 0 Å². The Balaban J connectivity index is 1.93. The maximum Gasteiger partial charge on any atom is 0.293 e. The van der Waals surface area contributed by atoms with E-state index in [0.29, 0.717) is 18.1 Å². The van der Waals surface area contributed by atoms with E-state index in [1.165, 1.54) is 24.4 Å². The zero-order valence-electron chi connectivity index (χ0n) is 15.0. The summed E-state index contributed by atoms with van der Waals surface area (Å²) in [4.78, 5) is 31.7. The van der Waals surface area contributed by atoms with Gasteiger partial charge in [-0.05, 0) is 18.6 Å². The Morgan fingerprint density at radius 3 is 2.78 bits per heavy atom. The van der Waals surface area contributed by atoms with E-state index in [1.807, 2.05) is 6.92 Å². The van der Waals surface area contributed by atoms with Gasteiger partial charge in [-0.15, -0.1) is 0 Å². The fourth-order valence-corrected chi connectivity index (χ4v) is 2.65. The van der Waals surface area contributed by atoms with Crippen LogP contribution in [-0.4, -0.2) is 30.4 Å². The average Bonchev–Trinajstić information content (AvgIpc) is 3.27. The monoisotopic (exact) mass is 370 g/mol. The molecule has 2 aromatic heterocycles. The van der Waals surface area contributed by atoms with E-state index in [9.17, 15) is 14.9 Å². The van der Waals surface area contributed by atoms with Crippen LogP contribution < -0.4 is 5.32 Å². The lowest BCUT2D eigenvalue weighted by atomic mass is 10.1. The first-order chi connectivity index (χ1) is 12.9. The molecule has 0 radical (unpaired) electrons. The van der Waals surface area contributed by atoms with Crippen LogP contribution in [0.5, 0.6) is 0 Å². The first kappa shape index (κ1) is 18.2. The predicted octanol–water partition coefficient (Wildman–Crippen LogP) is 2.81. The quantitative estimate of drug-likeness (QED) is 0.382. The molecule has 0 aliphatic rings. The highest BCUT2D eigenvalue weighted by atomic mass is 16.6. The van der Waals surface area contributed by atoms with Gasteiger partial charge in [0.1, 0.15) is 5.69 Å². The van der Waals surface area contributed by atoms with Crippen molar-refractivity contribution in [1.82, 2.24) is 19.7 Å². The number of imidazole rings is 1. The van der Waals surface area contributed by atoms with Gasteiger partial charge in [0.2, 0.25) is 11.7 Å². The number of hydrogen-bond donors (Lipinski definition) is 1. The van der Waals surface area contributed by atoms with Crippen molar-refractivity contribution in [1.29, 1.82) is 0 Å². The lowest BCUT2D eigenvalue weighted by Crippen LogP contribution is -2.14. The minimum atomic E-state index is -0.536. The zero-order valence-corrected chi connectivity index (χ0v) is 15.0. The number of benzene rings is 1. The summed E-state index contributed by atoms with van der Waals surface area (Å²) >= 11 is 0. The van der Waals surface area contributed by atoms with Crippen molar-refractivity contribution in [2.24, 2.45) is 7.05 Å². The minimum Gasteiger partial charge on any atom is -0.369 e. The summed E-state index contributed by atoms with van der Waals surface area (Å²) in [5.41, 5.74) is 0.240. The Labute approximate surface area is 154 Å². The summed E-state index contributed by atoms with van der Waals surface area (Å²) in [6.07, 6.45) is 3.72. The second-order valence-electron chi connectivity index (χ2n) is 5.96. The minimum absolute atomic E-state index is 0.185. The van der Waals surface area contributed by atoms with E-state index in [-0.39, 0.29) is 28.8 Å². The van der Waals surface area contributed by atoms with Gasteiger partial charge in [-0.2, -0.15) is 4.98 Å². The van der Waals surface area contributed by atoms with E-state index < -0.39 is 10.7 Å². The highest BCUT2D eigenvalue weighted by Crippen LogP contribution is 2.30. The Morgan fingerprint density at radius 2 is 2.22 bits per heavy atom. The van der Waals surface area contributed by atoms with E-state index in [4.69, 9.17) is 4.52 Å². The topological polar surface area (TPSA) is 129 Å². The van der Waals surface area contributed by atoms with Gasteiger partial charge in [-0.3, -0.25) is 14.9 Å². The molecular formula is C17H18N6O4. The van der Waals surface area contributed by atoms with Gasteiger partial charge in [0, 0.05) is 38.0 Å². The van der Waals surface area contributed by atoms with Crippen molar-refractivity contribution in [3.8, 4) is 0 Å². The number of nitrogens with one attached hydrogen (secondary N) is 1. The average molecular weight is 370 g/mol. The molecule has 10 heteroatoms. The molecule has 27 heavy (non-hydrogen) atoms. The van der Waals surface area contributed by atoms with Crippen LogP contribution in [0.25, 0.3) is 0 Å². The normalized spacial score (nSPS) is 12.0. The van der Waals surface area contributed by atoms with Crippen LogP contribution in [0.4, 0.5) is 11.4 Å². The number of anilines is 1. The molecule has 0 amide bonds. The van der Waals surface area contributed by atoms with Crippen LogP contribution in [0.1, 0.15) is 47.3 Å². The first-order valence-electron chi connectivity index (χ1n) is 8.28. The molecule has 10 nitrogen and oxygen atoms in total. The smallest absolute Gasteiger partial charge is 0.293 e. The van der Waals surface area contributed by atoms with Gasteiger partial charge in [0.15, 0.2) is 11.6 Å². The lowest BCUT2D eigenvalue weighted by molar-refractivity contribution is -0.384. The molecule has 140 valence electrons. The van der Waals surface area contributed by atoms with E-state index >= 15 is 0 Å². The van der Waals surface area contributed by atoms with Crippen LogP contribution in [0.3, 0.4) is 0 Å². The predicted molar refractivity (Wildman–Crippen MR) is 95.4 cm³/mol. The van der Waals surface area contributed by atoms with Gasteiger partial charge in [-0.25, -0.2) is 4.98 Å². The van der Waals surface area contributed by atoms with Gasteiger partial charge in [0.25, 0.3) is 5.69 Å². The molecule has 2 heterocycles. The van der Waals surface area contributed by atoms with Crippen molar-refractivity contribution in [3.63, 3.8) is 0 Å². The number of carbonyl (C=O) groups excluding carboxylic acids is 1. The summed E-state index contributed by atoms with van der Waals surface area (Å²) in [5.74, 6) is 0.643. The molecule has 0 aliphatic heterocycles. The van der Waals surface area contributed by atoms with Gasteiger partial charge in [0.05, 0.1) is 11.0 Å². The molecule has 0 saturated heterocycles. The second kappa shape index (κ2) is 7.36. The third-order valence-corrected chi connectivity index (χ3v) is 4.07. The van der Waals surface area contributed by atoms with Crippen molar-refractivity contribution >= 4 is 17.2 Å². The van der Waals surface area contributed by atoms with Crippen LogP contribution in [0.15, 0.2) is 35.1 Å². The summed E-state index contributed by atoms with van der Waals surface area (Å²) in [7, 11) is 1.68. The maximum absolute atomic E-state index is 12.6. The fraction of sp³-hybridized carbons (Fsp3) is 0.294. The van der Waals surface area contributed by atoms with Crippen LogP contribution in [-0.2, 0) is 7.05 Å². The molecule has 0 saturated carbocycles. The summed E-state index contributed by atoms with van der Waals surface area (Å²) in [5, 5.41) is 18.5. The molecule has 0 aliphatic carbocycles. The molecule has 0 fully saturated rings. The third kappa shape index (κ3) is 3.68. The molecule has 1 atom stereocenters. The molecule has 0 spiro atoms. The number of aryl methyl sites for hydroxylation is 2. The molecule has 3 aromatic rings. The first-order valence-corrected chi connectivity index (χ1v) is 8.28. The third-order valence-electron chi connectivity index (χ3n) is 4.07. The Kier molecular flexibility index (Phi) is 4.97. The standard InChI is InChI=1S/C17H18N6O4/c1-4-12(16-19-10(2)27-21-16)20-13-6-5-11(9-14(13)23(25)26)15(24)17-18-7-8-22(17)3/h5-9,12,20H,4H2,1-3H3. The maximum atomic E-state index is 12.6. The molecule has 1 aromatic carbocycles. The molecule has 0 bridgehead atoms. The lowest BCUT2D eigenvalue weighted by Gasteiger charge is -2.15. The van der Waals surface area contributed by atoms with E-state index in [0.717, 1.165) is 0 Å². The molecule has 1 unspecified atom stereocenters. The van der Waals surface area contributed by atoms with Gasteiger partial charge in [-0.1, -0.05) is 12.1 Å². The Bertz CT molecular complexity index is 993. The number of nitrogens with zero attached hydrogens (tertiary/aromatic N) is 5. The SMILES string of the molecule is CCC(Nc1ccc(C(=O)c2nccn2C)cc1[N+](=O)[O-])c1noc(C)n1. The summed E-state index contributed by atoms with van der Waals surface area (Å²) in [6.45, 7) is 3.57. The van der Waals surface area contributed by atoms with E-state index in [2.05, 4.69) is 20.4 Å². The fourth-order valence-electron chi connectivity index (χ4n) is 2.65. The Hall–Kier alpha value is -3.56.